The number of nitrogens with zero attached hydrogens (tertiary/aromatic N) is 7. The average molecular weight is 796 g/mol. The number of piperazine rings is 1. The van der Waals surface area contributed by atoms with Crippen molar-refractivity contribution in [3.63, 3.8) is 0 Å². The number of aliphatic hydroxyl groups is 1. The molecule has 57 heavy (non-hydrogen) atoms. The van der Waals surface area contributed by atoms with Gasteiger partial charge in [0.05, 0.1) is 23.0 Å². The van der Waals surface area contributed by atoms with Gasteiger partial charge in [-0.25, -0.2) is 9.97 Å². The number of hydrogen-bond donors (Lipinski definition) is 3. The largest absolute Gasteiger partial charge is 0.489 e. The van der Waals surface area contributed by atoms with Crippen LogP contribution in [0.1, 0.15) is 78.7 Å². The van der Waals surface area contributed by atoms with E-state index in [9.17, 15) is 29.5 Å². The number of imide groups is 1. The minimum Gasteiger partial charge on any atom is -0.489 e. The van der Waals surface area contributed by atoms with Gasteiger partial charge in [-0.2, -0.15) is 5.26 Å². The molecule has 4 aliphatic heterocycles. The smallest absolute Gasteiger partial charge is 0.271 e. The summed E-state index contributed by atoms with van der Waals surface area (Å²) in [6, 6.07) is 11.5. The van der Waals surface area contributed by atoms with E-state index >= 15 is 0 Å². The van der Waals surface area contributed by atoms with Gasteiger partial charge in [-0.3, -0.25) is 34.3 Å². The number of rotatable bonds is 9. The second kappa shape index (κ2) is 14.6. The number of nitrogens with one attached hydrogen (secondary N) is 2. The second-order valence-corrected chi connectivity index (χ2v) is 17.4. The molecule has 0 bridgehead atoms. The number of aromatic nitrogens is 2. The number of nitriles is 1. The molecule has 1 aromatic heterocycles. The van der Waals surface area contributed by atoms with Crippen LogP contribution in [0.2, 0.25) is 5.02 Å². The van der Waals surface area contributed by atoms with Crippen LogP contribution < -0.4 is 25.2 Å². The van der Waals surface area contributed by atoms with E-state index in [1.165, 1.54) is 11.1 Å². The third-order valence-corrected chi connectivity index (χ3v) is 12.7. The van der Waals surface area contributed by atoms with Crippen LogP contribution in [0.5, 0.6) is 5.75 Å². The fraction of sp³-hybridized carbons (Fsp3) is 0.488. The number of carbonyl (C=O) groups excluding carboxylic acids is 4. The fourth-order valence-corrected chi connectivity index (χ4v) is 9.85. The van der Waals surface area contributed by atoms with Gasteiger partial charge in [0.15, 0.2) is 6.23 Å². The number of benzene rings is 2. The summed E-state index contributed by atoms with van der Waals surface area (Å²) >= 11 is 6.23. The summed E-state index contributed by atoms with van der Waals surface area (Å²) in [5.41, 5.74) is 1.59. The van der Waals surface area contributed by atoms with Crippen LogP contribution in [-0.4, -0.2) is 113 Å². The van der Waals surface area contributed by atoms with Crippen molar-refractivity contribution < 1.29 is 29.0 Å². The average Bonchev–Trinajstić information content (AvgIpc) is 3.42. The number of hydrogen-bond acceptors (Lipinski definition) is 12. The molecule has 3 N–H and O–H groups in total. The van der Waals surface area contributed by atoms with Crippen molar-refractivity contribution in [2.24, 2.45) is 16.7 Å². The molecule has 2 atom stereocenters. The molecule has 0 spiro atoms. The lowest BCUT2D eigenvalue weighted by molar-refractivity contribution is -0.164. The molecule has 1 aliphatic carbocycles. The summed E-state index contributed by atoms with van der Waals surface area (Å²) in [5.74, 6) is 0.152. The van der Waals surface area contributed by atoms with E-state index in [0.29, 0.717) is 33.4 Å². The number of fused-ring (bicyclic) bond motifs is 1. The number of piperidine rings is 1. The maximum Gasteiger partial charge on any atom is 0.271 e. The zero-order valence-corrected chi connectivity index (χ0v) is 33.1. The summed E-state index contributed by atoms with van der Waals surface area (Å²) in [6.45, 7) is 14.1. The Kier molecular flexibility index (Phi) is 9.86. The molecule has 4 fully saturated rings. The zero-order valence-electron chi connectivity index (χ0n) is 32.4. The van der Waals surface area contributed by atoms with E-state index in [1.807, 2.05) is 6.07 Å². The Morgan fingerprint density at radius 2 is 1.75 bits per heavy atom. The maximum absolute atomic E-state index is 13.4. The summed E-state index contributed by atoms with van der Waals surface area (Å²) < 4.78 is 6.34. The molecule has 8 rings (SSSR count). The topological polar surface area (TPSA) is 184 Å². The normalized spacial score (nSPS) is 25.6. The van der Waals surface area contributed by atoms with Crippen LogP contribution in [0.3, 0.4) is 0 Å². The number of halogens is 1. The van der Waals surface area contributed by atoms with Gasteiger partial charge in [-0.05, 0) is 30.7 Å². The second-order valence-electron chi connectivity index (χ2n) is 16.9. The first kappa shape index (κ1) is 38.6. The molecular formula is C41H46ClN9O6. The number of aliphatic hydroxyl groups excluding tert-OH is 1. The quantitative estimate of drug-likeness (QED) is 0.270. The summed E-state index contributed by atoms with van der Waals surface area (Å²) in [6.07, 6.45) is 2.05. The van der Waals surface area contributed by atoms with E-state index in [2.05, 4.69) is 69.1 Å². The molecule has 3 saturated heterocycles. The van der Waals surface area contributed by atoms with Crippen molar-refractivity contribution in [2.75, 3.05) is 55.6 Å². The van der Waals surface area contributed by atoms with Gasteiger partial charge >= 0.3 is 0 Å². The monoisotopic (exact) mass is 795 g/mol. The molecule has 15 nitrogen and oxygen atoms in total. The minimum atomic E-state index is -1.23. The third-order valence-electron chi connectivity index (χ3n) is 12.4. The van der Waals surface area contributed by atoms with Gasteiger partial charge in [-0.1, -0.05) is 45.4 Å². The Morgan fingerprint density at radius 1 is 1.02 bits per heavy atom. The van der Waals surface area contributed by atoms with Crippen molar-refractivity contribution in [3.8, 4) is 11.8 Å². The van der Waals surface area contributed by atoms with Crippen LogP contribution in [0.4, 0.5) is 11.5 Å². The molecule has 2 unspecified atom stereocenters. The van der Waals surface area contributed by atoms with E-state index in [-0.39, 0.29) is 42.5 Å². The van der Waals surface area contributed by atoms with Gasteiger partial charge < -0.3 is 25.0 Å². The Morgan fingerprint density at radius 3 is 2.40 bits per heavy atom. The number of anilines is 2. The van der Waals surface area contributed by atoms with Crippen LogP contribution in [0.25, 0.3) is 0 Å². The van der Waals surface area contributed by atoms with Crippen molar-refractivity contribution in [1.29, 1.82) is 5.26 Å². The Hall–Kier alpha value is -5.30. The molecule has 4 amide bonds. The first-order valence-corrected chi connectivity index (χ1v) is 19.7. The lowest BCUT2D eigenvalue weighted by atomic mass is 9.49. The van der Waals surface area contributed by atoms with Crippen LogP contribution in [-0.2, 0) is 9.59 Å². The predicted octanol–water partition coefficient (Wildman–Crippen LogP) is 3.12. The van der Waals surface area contributed by atoms with Crippen LogP contribution >= 0.6 is 11.6 Å². The van der Waals surface area contributed by atoms with Gasteiger partial charge in [0, 0.05) is 97.9 Å². The summed E-state index contributed by atoms with van der Waals surface area (Å²) in [5, 5.41) is 25.9. The van der Waals surface area contributed by atoms with Gasteiger partial charge in [0.25, 0.3) is 11.8 Å². The predicted molar refractivity (Wildman–Crippen MR) is 210 cm³/mol. The molecule has 298 valence electrons. The molecule has 3 aromatic rings. The standard InChI is InChI=1S/C41H46ClN9O6/c1-40(2)38(41(3,4)39(40)57-26-7-5-24(17-43)29(42)16-26)47-34(53)30-18-45-32(19-44-30)50-21-23(22-50)20-48-11-13-49(14-12-48)25-6-8-27-28(15-25)37(56)51(36(27)55)31-9-10-33(52)46-35(31)54/h5-8,15-16,18-19,23,31,36,38-39,55H,9-14,20-22H2,1-4H3,(H,47,53)(H,46,52,54). The number of ether oxygens (including phenoxy) is 1. The molecule has 2 aromatic carbocycles. The lowest BCUT2D eigenvalue weighted by Gasteiger charge is -2.63. The zero-order chi connectivity index (χ0) is 40.4. The molecule has 5 heterocycles. The fourth-order valence-electron chi connectivity index (χ4n) is 9.64. The number of amides is 4. The van der Waals surface area contributed by atoms with E-state index in [0.717, 1.165) is 57.3 Å². The minimum absolute atomic E-state index is 0.122. The van der Waals surface area contributed by atoms with Gasteiger partial charge in [0.2, 0.25) is 11.8 Å². The Balaban J connectivity index is 0.792. The van der Waals surface area contributed by atoms with E-state index in [1.54, 1.807) is 36.5 Å². The number of carbonyl (C=O) groups is 4. The Labute approximate surface area is 335 Å². The first-order chi connectivity index (χ1) is 27.1. The highest BCUT2D eigenvalue weighted by molar-refractivity contribution is 6.31. The summed E-state index contributed by atoms with van der Waals surface area (Å²) in [4.78, 5) is 67.9. The maximum atomic E-state index is 13.4. The van der Waals surface area contributed by atoms with Crippen molar-refractivity contribution in [2.45, 2.75) is 65.0 Å². The van der Waals surface area contributed by atoms with Gasteiger partial charge in [-0.15, -0.1) is 0 Å². The molecule has 5 aliphatic rings. The molecule has 16 heteroatoms. The molecule has 1 saturated carbocycles. The van der Waals surface area contributed by atoms with Crippen LogP contribution in [0.15, 0.2) is 48.8 Å². The lowest BCUT2D eigenvalue weighted by Crippen LogP contribution is -2.74. The van der Waals surface area contributed by atoms with Crippen molar-refractivity contribution >= 4 is 46.7 Å². The third kappa shape index (κ3) is 6.93. The highest BCUT2D eigenvalue weighted by Gasteiger charge is 2.64. The highest BCUT2D eigenvalue weighted by atomic mass is 35.5. The molecular weight excluding hydrogens is 750 g/mol. The highest BCUT2D eigenvalue weighted by Crippen LogP contribution is 2.55. The Bertz CT molecular complexity index is 2140. The SMILES string of the molecule is CC1(C)C(NC(=O)c2cnc(N3CC(CN4CCN(c5ccc6c(c5)C(=O)N(C5CCC(=O)NC5=O)C6O)CC4)C3)cn2)C(C)(C)C1Oc1ccc(C#N)c(Cl)c1. The van der Waals surface area contributed by atoms with Gasteiger partial charge in [0.1, 0.15) is 35.5 Å². The van der Waals surface area contributed by atoms with Crippen molar-refractivity contribution in [1.82, 2.24) is 30.4 Å². The van der Waals surface area contributed by atoms with E-state index in [4.69, 9.17) is 16.3 Å². The van der Waals surface area contributed by atoms with Crippen molar-refractivity contribution in [3.05, 3.63) is 76.2 Å². The molecule has 0 radical (unpaired) electrons. The first-order valence-electron chi connectivity index (χ1n) is 19.4. The van der Waals surface area contributed by atoms with E-state index < -0.39 is 34.9 Å². The van der Waals surface area contributed by atoms with Crippen LogP contribution in [0, 0.1) is 28.1 Å². The summed E-state index contributed by atoms with van der Waals surface area (Å²) in [7, 11) is 0.